The lowest BCUT2D eigenvalue weighted by Gasteiger charge is -2.24. The van der Waals surface area contributed by atoms with Crippen LogP contribution in [-0.4, -0.2) is 87.8 Å². The van der Waals surface area contributed by atoms with Gasteiger partial charge in [0.05, 0.1) is 25.9 Å². The second-order valence-corrected chi connectivity index (χ2v) is 15.5. The Morgan fingerprint density at radius 1 is 1.02 bits per heavy atom. The Morgan fingerprint density at radius 3 is 2.49 bits per heavy atom. The van der Waals surface area contributed by atoms with Gasteiger partial charge in [0.25, 0.3) is 5.56 Å². The van der Waals surface area contributed by atoms with Gasteiger partial charge >= 0.3 is 13.6 Å². The summed E-state index contributed by atoms with van der Waals surface area (Å²) < 4.78 is 85.2. The fourth-order valence-electron chi connectivity index (χ4n) is 4.92. The molecule has 0 saturated carbocycles. The third-order valence-electron chi connectivity index (χ3n) is 6.91. The Balaban J connectivity index is 1.16. The van der Waals surface area contributed by atoms with Gasteiger partial charge < -0.3 is 25.8 Å². The number of anilines is 2. The summed E-state index contributed by atoms with van der Waals surface area (Å²) in [5, 5.41) is 0. The van der Waals surface area contributed by atoms with Gasteiger partial charge in [-0.25, -0.2) is 37.8 Å². The first-order valence-corrected chi connectivity index (χ1v) is 18.2. The van der Waals surface area contributed by atoms with Crippen molar-refractivity contribution in [3.63, 3.8) is 0 Å². The van der Waals surface area contributed by atoms with Gasteiger partial charge in [-0.3, -0.25) is 32.5 Å². The van der Waals surface area contributed by atoms with E-state index in [4.69, 9.17) is 34.5 Å². The predicted octanol–water partition coefficient (Wildman–Crippen LogP) is 1.47. The summed E-state index contributed by atoms with van der Waals surface area (Å²) in [6.45, 7) is -10.2. The second-order valence-electron chi connectivity index (χ2n) is 9.87. The maximum Gasteiger partial charge on any atom is 0.386 e. The molecule has 6 rings (SSSR count). The molecule has 0 bridgehead atoms. The summed E-state index contributed by atoms with van der Waals surface area (Å²) in [6, 6.07) is 0. The fourth-order valence-corrected chi connectivity index (χ4v) is 6.94. The number of nitrogens with two attached hydrogens (primary N) is 2. The molecule has 4 aromatic rings. The van der Waals surface area contributed by atoms with E-state index in [9.17, 15) is 23.2 Å². The molecule has 0 aliphatic carbocycles. The summed E-state index contributed by atoms with van der Waals surface area (Å²) in [6.07, 6.45) is -7.42. The van der Waals surface area contributed by atoms with E-state index in [-0.39, 0.29) is 40.5 Å². The van der Waals surface area contributed by atoms with E-state index in [1.807, 2.05) is 0 Å². The Hall–Kier alpha value is -2.72. The van der Waals surface area contributed by atoms with Crippen LogP contribution in [0.15, 0.2) is 23.8 Å². The third kappa shape index (κ3) is 6.59. The van der Waals surface area contributed by atoms with Crippen molar-refractivity contribution < 1.29 is 45.8 Å². The molecule has 4 aromatic heterocycles. The van der Waals surface area contributed by atoms with Crippen molar-refractivity contribution in [2.45, 2.75) is 49.5 Å². The first kappa shape index (κ1) is 32.2. The molecule has 25 heteroatoms. The number of thiol groups is 2. The van der Waals surface area contributed by atoms with E-state index >= 15 is 4.39 Å². The Bertz CT molecular complexity index is 1890. The van der Waals surface area contributed by atoms with Crippen LogP contribution in [0, 0.1) is 0 Å². The smallest absolute Gasteiger partial charge is 0.382 e. The number of ether oxygens (including phenoxy) is 2. The standard InChI is InChI=1S/C20H24F2N10O9P2S2/c21-7-1-10(31-5-28-13-17(31)29-20(24)30-18(13)33)39-8(7)2-38-43(36,45)41-14-9(3-37-42(34,35)44)40-19(11(14)22)32-6-27-12-15(23)25-4-26-16(12)32/h4-11,14,19H,1-3H2,(H,36,45)(H2,23,25,26)(H2,34,35,44)(H3,24,29,30,33)/t7-,8+,9+,10+,11-,14?,19+,43?/m0/s1. The molecule has 19 nitrogen and oxygen atoms in total. The second kappa shape index (κ2) is 12.1. The van der Waals surface area contributed by atoms with Gasteiger partial charge in [-0.1, -0.05) is 24.5 Å². The van der Waals surface area contributed by atoms with Crippen LogP contribution in [0.4, 0.5) is 20.5 Å². The minimum Gasteiger partial charge on any atom is -0.382 e. The molecule has 45 heavy (non-hydrogen) atoms. The van der Waals surface area contributed by atoms with Crippen molar-refractivity contribution in [1.82, 2.24) is 39.0 Å². The average Bonchev–Trinajstić information content (AvgIpc) is 3.72. The van der Waals surface area contributed by atoms with Gasteiger partial charge in [0.2, 0.25) is 5.95 Å². The van der Waals surface area contributed by atoms with Crippen LogP contribution in [0.2, 0.25) is 0 Å². The normalized spacial score (nSPS) is 29.8. The predicted molar refractivity (Wildman–Crippen MR) is 157 cm³/mol. The first-order chi connectivity index (χ1) is 21.2. The number of nitrogen functional groups attached to an aromatic ring is 2. The van der Waals surface area contributed by atoms with E-state index in [1.54, 1.807) is 0 Å². The third-order valence-corrected chi connectivity index (χ3v) is 9.36. The first-order valence-electron chi connectivity index (χ1n) is 12.8. The summed E-state index contributed by atoms with van der Waals surface area (Å²) in [5.74, 6) is -0.165. The van der Waals surface area contributed by atoms with Crippen molar-refractivity contribution in [3.05, 3.63) is 29.3 Å². The monoisotopic (exact) mass is 712 g/mol. The molecule has 3 unspecified atom stereocenters. The van der Waals surface area contributed by atoms with Crippen LogP contribution in [0.1, 0.15) is 18.9 Å². The van der Waals surface area contributed by atoms with Gasteiger partial charge in [0, 0.05) is 6.42 Å². The van der Waals surface area contributed by atoms with Gasteiger partial charge in [-0.05, 0) is 0 Å². The highest BCUT2D eigenvalue weighted by Gasteiger charge is 2.51. The topological polar surface area (TPSA) is 260 Å². The lowest BCUT2D eigenvalue weighted by molar-refractivity contribution is -0.0431. The lowest BCUT2D eigenvalue weighted by Crippen LogP contribution is -2.33. The van der Waals surface area contributed by atoms with E-state index in [0.29, 0.717) is 0 Å². The molecule has 2 aliphatic heterocycles. The number of nitrogens with one attached hydrogen (secondary N) is 1. The summed E-state index contributed by atoms with van der Waals surface area (Å²) >= 11 is 7.35. The minimum atomic E-state index is -4.49. The number of nitrogens with zero attached hydrogens (tertiary/aromatic N) is 7. The maximum atomic E-state index is 15.9. The van der Waals surface area contributed by atoms with Gasteiger partial charge in [0.1, 0.15) is 42.6 Å². The van der Waals surface area contributed by atoms with E-state index in [2.05, 4.69) is 54.4 Å². The minimum absolute atomic E-state index is 0.0159. The number of alkyl halides is 2. The molecule has 2 saturated heterocycles. The zero-order valence-corrected chi connectivity index (χ0v) is 26.0. The largest absolute Gasteiger partial charge is 0.386 e. The number of aromatic amines is 1. The Labute approximate surface area is 260 Å². The highest BCUT2D eigenvalue weighted by molar-refractivity contribution is 8.44. The zero-order chi connectivity index (χ0) is 32.3. The molecule has 2 aliphatic rings. The lowest BCUT2D eigenvalue weighted by atomic mass is 10.1. The molecule has 2 fully saturated rings. The number of aromatic nitrogens is 8. The Morgan fingerprint density at radius 2 is 1.73 bits per heavy atom. The number of hydrogen-bond acceptors (Lipinski definition) is 15. The van der Waals surface area contributed by atoms with Crippen LogP contribution in [0.25, 0.3) is 22.3 Å². The highest BCUT2D eigenvalue weighted by Crippen LogP contribution is 2.57. The Kier molecular flexibility index (Phi) is 8.69. The van der Waals surface area contributed by atoms with Crippen LogP contribution in [0.5, 0.6) is 0 Å². The summed E-state index contributed by atoms with van der Waals surface area (Å²) in [5.41, 5.74) is 11.1. The average molecular weight is 713 g/mol. The maximum absolute atomic E-state index is 15.9. The van der Waals surface area contributed by atoms with Crippen molar-refractivity contribution in [2.75, 3.05) is 24.7 Å². The van der Waals surface area contributed by atoms with Crippen LogP contribution >= 0.6 is 38.1 Å². The number of H-pyrrole nitrogens is 1. The quantitative estimate of drug-likeness (QED) is 0.100. The molecular formula is C20H24F2N10O9P2S2. The molecule has 0 amide bonds. The van der Waals surface area contributed by atoms with E-state index in [1.165, 1.54) is 21.8 Å². The SMILES string of the molecule is Nc1nc2c(ncn2[C@H]2C[C@H](F)[C@@H](COP(=O)(S)OC3[C@@H](COP(=O)(O)S)O[C@@H](n4cnc5c(N)ncnc54)[C@H]3F)O2)c(=O)[nH]1. The molecular weight excluding hydrogens is 688 g/mol. The van der Waals surface area contributed by atoms with Gasteiger partial charge in [0.15, 0.2) is 35.0 Å². The number of imidazole rings is 2. The van der Waals surface area contributed by atoms with Crippen molar-refractivity contribution in [1.29, 1.82) is 0 Å². The number of fused-ring (bicyclic) bond motifs is 2. The number of halogens is 2. The molecule has 0 aromatic carbocycles. The summed E-state index contributed by atoms with van der Waals surface area (Å²) in [4.78, 5) is 43.8. The van der Waals surface area contributed by atoms with Gasteiger partial charge in [-0.15, -0.1) is 0 Å². The molecule has 244 valence electrons. The molecule has 0 radical (unpaired) electrons. The molecule has 0 spiro atoms. The van der Waals surface area contributed by atoms with Crippen molar-refractivity contribution in [2.24, 2.45) is 0 Å². The zero-order valence-electron chi connectivity index (χ0n) is 22.4. The number of hydrogen-bond donors (Lipinski definition) is 6. The van der Waals surface area contributed by atoms with Crippen LogP contribution in [0.3, 0.4) is 0 Å². The fraction of sp³-hybridized carbons (Fsp3) is 0.500. The van der Waals surface area contributed by atoms with E-state index in [0.717, 1.165) is 6.33 Å². The summed E-state index contributed by atoms with van der Waals surface area (Å²) in [7, 11) is 0. The van der Waals surface area contributed by atoms with Gasteiger partial charge in [-0.2, -0.15) is 4.98 Å². The van der Waals surface area contributed by atoms with Crippen LogP contribution in [-0.2, 0) is 32.2 Å². The highest BCUT2D eigenvalue weighted by atomic mass is 32.7. The van der Waals surface area contributed by atoms with Crippen molar-refractivity contribution >= 4 is 72.2 Å². The number of rotatable bonds is 10. The van der Waals surface area contributed by atoms with Crippen LogP contribution < -0.4 is 17.0 Å². The molecule has 6 heterocycles. The molecule has 9 atom stereocenters. The van der Waals surface area contributed by atoms with Crippen molar-refractivity contribution in [3.8, 4) is 0 Å². The molecule has 6 N–H and O–H groups in total. The van der Waals surface area contributed by atoms with E-state index < -0.39 is 75.5 Å².